The van der Waals surface area contributed by atoms with Gasteiger partial charge in [-0.25, -0.2) is 0 Å². The number of carbonyl (C=O) groups is 1. The number of para-hydroxylation sites is 1. The number of nitrogens with one attached hydrogen (secondary N) is 1. The van der Waals surface area contributed by atoms with E-state index in [-0.39, 0.29) is 22.5 Å². The highest BCUT2D eigenvalue weighted by Crippen LogP contribution is 2.53. The van der Waals surface area contributed by atoms with E-state index in [0.29, 0.717) is 29.4 Å². The second-order valence-electron chi connectivity index (χ2n) is 8.54. The van der Waals surface area contributed by atoms with Crippen LogP contribution in [0.2, 0.25) is 0 Å². The number of hydrogen-bond acceptors (Lipinski definition) is 3. The number of rotatable bonds is 1. The second kappa shape index (κ2) is 5.95. The highest BCUT2D eigenvalue weighted by Gasteiger charge is 2.50. The minimum Gasteiger partial charge on any atom is -0.508 e. The number of hydrogen-bond donors (Lipinski definition) is 2. The summed E-state index contributed by atoms with van der Waals surface area (Å²) >= 11 is 0. The Morgan fingerprint density at radius 2 is 1.77 bits per heavy atom. The Hall–Kier alpha value is -3.60. The molecule has 30 heavy (non-hydrogen) atoms. The smallest absolute Gasteiger partial charge is 0.254 e. The number of aromatic hydroxyl groups is 1. The SMILES string of the molecule is O=C(c1ccc2[nH]c3ccccc3c(=O)c2c1)N1Cc2ccc(O)cc2C2(CC2)C1. The van der Waals surface area contributed by atoms with Crippen molar-refractivity contribution in [2.24, 2.45) is 0 Å². The van der Waals surface area contributed by atoms with Crippen molar-refractivity contribution in [3.63, 3.8) is 0 Å². The Bertz CT molecular complexity index is 1420. The van der Waals surface area contributed by atoms with Crippen molar-refractivity contribution >= 4 is 27.7 Å². The van der Waals surface area contributed by atoms with Crippen molar-refractivity contribution in [3.05, 3.63) is 87.6 Å². The number of fused-ring (bicyclic) bond motifs is 4. The molecular weight excluding hydrogens is 376 g/mol. The average Bonchev–Trinajstić information content (AvgIpc) is 3.53. The molecule has 0 radical (unpaired) electrons. The van der Waals surface area contributed by atoms with Crippen molar-refractivity contribution in [2.75, 3.05) is 6.54 Å². The number of amides is 1. The molecular formula is C25H20N2O3. The quantitative estimate of drug-likeness (QED) is 0.476. The number of aromatic amines is 1. The molecule has 1 amide bonds. The monoisotopic (exact) mass is 396 g/mol. The van der Waals surface area contributed by atoms with Gasteiger partial charge in [-0.1, -0.05) is 18.2 Å². The summed E-state index contributed by atoms with van der Waals surface area (Å²) in [5.74, 6) is 0.218. The third-order valence-corrected chi connectivity index (χ3v) is 6.61. The van der Waals surface area contributed by atoms with Crippen LogP contribution >= 0.6 is 0 Å². The van der Waals surface area contributed by atoms with Gasteiger partial charge in [-0.2, -0.15) is 0 Å². The van der Waals surface area contributed by atoms with Crippen LogP contribution in [-0.2, 0) is 12.0 Å². The van der Waals surface area contributed by atoms with Gasteiger partial charge in [0, 0.05) is 45.9 Å². The normalized spacial score (nSPS) is 16.7. The lowest BCUT2D eigenvalue weighted by Crippen LogP contribution is -2.41. The summed E-state index contributed by atoms with van der Waals surface area (Å²) in [6.07, 6.45) is 2.05. The van der Waals surface area contributed by atoms with Crippen LogP contribution in [0, 0.1) is 0 Å². The molecule has 1 saturated carbocycles. The van der Waals surface area contributed by atoms with Crippen LogP contribution in [0.25, 0.3) is 21.8 Å². The maximum Gasteiger partial charge on any atom is 0.254 e. The summed E-state index contributed by atoms with van der Waals surface area (Å²) in [6, 6.07) is 18.2. The third kappa shape index (κ3) is 2.48. The largest absolute Gasteiger partial charge is 0.508 e. The van der Waals surface area contributed by atoms with E-state index in [2.05, 4.69) is 4.98 Å². The molecule has 148 valence electrons. The predicted molar refractivity (Wildman–Crippen MR) is 116 cm³/mol. The fraction of sp³-hybridized carbons (Fsp3) is 0.200. The number of H-pyrrole nitrogens is 1. The molecule has 2 aliphatic rings. The molecule has 0 unspecified atom stereocenters. The Morgan fingerprint density at radius 1 is 0.967 bits per heavy atom. The second-order valence-corrected chi connectivity index (χ2v) is 8.54. The molecule has 5 nitrogen and oxygen atoms in total. The summed E-state index contributed by atoms with van der Waals surface area (Å²) in [4.78, 5) is 31.5. The molecule has 3 aromatic carbocycles. The first-order valence-corrected chi connectivity index (χ1v) is 10.2. The topological polar surface area (TPSA) is 73.4 Å². The molecule has 4 aromatic rings. The van der Waals surface area contributed by atoms with E-state index in [0.717, 1.165) is 29.4 Å². The summed E-state index contributed by atoms with van der Waals surface area (Å²) in [7, 11) is 0. The lowest BCUT2D eigenvalue weighted by Gasteiger charge is -2.35. The average molecular weight is 396 g/mol. The lowest BCUT2D eigenvalue weighted by molar-refractivity contribution is 0.0709. The molecule has 1 fully saturated rings. The van der Waals surface area contributed by atoms with Crippen LogP contribution < -0.4 is 5.43 Å². The molecule has 2 N–H and O–H groups in total. The maximum atomic E-state index is 13.4. The number of phenols is 1. The van der Waals surface area contributed by atoms with Crippen molar-refractivity contribution in [1.82, 2.24) is 9.88 Å². The van der Waals surface area contributed by atoms with Gasteiger partial charge >= 0.3 is 0 Å². The van der Waals surface area contributed by atoms with E-state index in [1.165, 1.54) is 5.56 Å². The van der Waals surface area contributed by atoms with Gasteiger partial charge in [0.1, 0.15) is 5.75 Å². The zero-order valence-corrected chi connectivity index (χ0v) is 16.3. The van der Waals surface area contributed by atoms with E-state index in [1.807, 2.05) is 41.3 Å². The molecule has 1 aromatic heterocycles. The van der Waals surface area contributed by atoms with Gasteiger partial charge in [0.15, 0.2) is 5.43 Å². The number of pyridine rings is 1. The first-order valence-electron chi connectivity index (χ1n) is 10.2. The molecule has 2 heterocycles. The first kappa shape index (κ1) is 17.3. The van der Waals surface area contributed by atoms with Crippen molar-refractivity contribution in [3.8, 4) is 5.75 Å². The van der Waals surface area contributed by atoms with Crippen molar-refractivity contribution in [2.45, 2.75) is 24.8 Å². The molecule has 1 aliphatic carbocycles. The van der Waals surface area contributed by atoms with E-state index in [4.69, 9.17) is 0 Å². The molecule has 6 rings (SSSR count). The lowest BCUT2D eigenvalue weighted by atomic mass is 9.86. The van der Waals surface area contributed by atoms with Crippen LogP contribution in [0.1, 0.15) is 34.3 Å². The van der Waals surface area contributed by atoms with Gasteiger partial charge in [-0.05, 0) is 66.4 Å². The fourth-order valence-electron chi connectivity index (χ4n) is 4.87. The van der Waals surface area contributed by atoms with Gasteiger partial charge in [0.2, 0.25) is 0 Å². The highest BCUT2D eigenvalue weighted by atomic mass is 16.3. The number of phenolic OH excluding ortho intramolecular Hbond substituents is 1. The standard InChI is InChI=1S/C25H20N2O3/c28-17-7-5-16-13-27(14-25(9-10-25)20(16)12-17)24(30)15-6-8-22-19(11-15)23(29)18-3-1-2-4-21(18)26-22/h1-8,11-12,28H,9-10,13-14H2,(H,26,29). The number of aromatic nitrogens is 1. The first-order chi connectivity index (χ1) is 14.5. The molecule has 1 aliphatic heterocycles. The third-order valence-electron chi connectivity index (χ3n) is 6.61. The van der Waals surface area contributed by atoms with E-state index >= 15 is 0 Å². The maximum absolute atomic E-state index is 13.4. The van der Waals surface area contributed by atoms with E-state index in [9.17, 15) is 14.7 Å². The molecule has 0 bridgehead atoms. The Kier molecular flexibility index (Phi) is 3.43. The molecule has 0 saturated heterocycles. The van der Waals surface area contributed by atoms with Crippen LogP contribution in [0.3, 0.4) is 0 Å². The minimum absolute atomic E-state index is 0.0352. The Balaban J connectivity index is 1.41. The summed E-state index contributed by atoms with van der Waals surface area (Å²) in [5, 5.41) is 11.0. The summed E-state index contributed by atoms with van der Waals surface area (Å²) < 4.78 is 0. The van der Waals surface area contributed by atoms with Crippen LogP contribution in [0.4, 0.5) is 0 Å². The van der Waals surface area contributed by atoms with Gasteiger partial charge in [-0.15, -0.1) is 0 Å². The van der Waals surface area contributed by atoms with Crippen LogP contribution in [0.15, 0.2) is 65.5 Å². The summed E-state index contributed by atoms with van der Waals surface area (Å²) in [6.45, 7) is 1.16. The zero-order chi connectivity index (χ0) is 20.5. The molecule has 1 spiro atoms. The Morgan fingerprint density at radius 3 is 2.60 bits per heavy atom. The minimum atomic E-state index is -0.0628. The van der Waals surface area contributed by atoms with Crippen LogP contribution in [0.5, 0.6) is 5.75 Å². The molecule has 0 atom stereocenters. The van der Waals surface area contributed by atoms with Gasteiger partial charge in [-0.3, -0.25) is 9.59 Å². The van der Waals surface area contributed by atoms with Gasteiger partial charge in [0.25, 0.3) is 5.91 Å². The fourth-order valence-corrected chi connectivity index (χ4v) is 4.87. The van der Waals surface area contributed by atoms with Crippen molar-refractivity contribution < 1.29 is 9.90 Å². The van der Waals surface area contributed by atoms with Gasteiger partial charge < -0.3 is 15.0 Å². The number of nitrogens with zero attached hydrogens (tertiary/aromatic N) is 1. The summed E-state index contributed by atoms with van der Waals surface area (Å²) in [5.41, 5.74) is 4.22. The highest BCUT2D eigenvalue weighted by molar-refractivity contribution is 6.00. The van der Waals surface area contributed by atoms with Crippen molar-refractivity contribution in [1.29, 1.82) is 0 Å². The molecule has 5 heteroatoms. The Labute approximate surface area is 172 Å². The predicted octanol–water partition coefficient (Wildman–Crippen LogP) is 4.07. The number of carbonyl (C=O) groups excluding carboxylic acids is 1. The zero-order valence-electron chi connectivity index (χ0n) is 16.3. The van der Waals surface area contributed by atoms with E-state index in [1.54, 1.807) is 24.3 Å². The van der Waals surface area contributed by atoms with Gasteiger partial charge in [0.05, 0.1) is 0 Å². The van der Waals surface area contributed by atoms with E-state index < -0.39 is 0 Å². The number of benzene rings is 3. The van der Waals surface area contributed by atoms with Crippen LogP contribution in [-0.4, -0.2) is 27.4 Å².